The van der Waals surface area contributed by atoms with Gasteiger partial charge in [-0.1, -0.05) is 37.3 Å². The molecule has 180 valence electrons. The standard InChI is InChI=1S/C21H19F3N4O5S/c1-2-14-15(8-25)16(20(30)31)17(21(22,23)24)26-18(14)28-9-13(10-28)19(29)27-34(32,33)11-12-6-4-3-5-7-12/h3-7,13H,2,9-11H2,1H3,(H,27,29)(H,30,31). The maximum atomic E-state index is 13.5. The van der Waals surface area contributed by atoms with Crippen molar-refractivity contribution in [1.82, 2.24) is 9.71 Å². The Morgan fingerprint density at radius 3 is 2.38 bits per heavy atom. The summed E-state index contributed by atoms with van der Waals surface area (Å²) in [4.78, 5) is 28.7. The molecule has 1 saturated heterocycles. The number of nitrogens with one attached hydrogen (secondary N) is 1. The molecule has 1 aliphatic heterocycles. The fourth-order valence-corrected chi connectivity index (χ4v) is 4.80. The van der Waals surface area contributed by atoms with E-state index in [1.165, 1.54) is 17.9 Å². The number of sulfonamides is 1. The van der Waals surface area contributed by atoms with Crippen molar-refractivity contribution in [1.29, 1.82) is 5.26 Å². The number of hydrogen-bond donors (Lipinski definition) is 2. The second-order valence-corrected chi connectivity index (χ2v) is 9.32. The number of pyridine rings is 1. The minimum atomic E-state index is -5.13. The molecule has 0 spiro atoms. The summed E-state index contributed by atoms with van der Waals surface area (Å²) in [7, 11) is -3.99. The van der Waals surface area contributed by atoms with E-state index in [4.69, 9.17) is 0 Å². The lowest BCUT2D eigenvalue weighted by Gasteiger charge is -2.40. The number of carboxylic acid groups (broad SMARTS) is 1. The second kappa shape index (κ2) is 9.30. The Kier molecular flexibility index (Phi) is 6.83. The summed E-state index contributed by atoms with van der Waals surface area (Å²) >= 11 is 0. The van der Waals surface area contributed by atoms with Crippen molar-refractivity contribution in [2.24, 2.45) is 5.92 Å². The van der Waals surface area contributed by atoms with E-state index in [0.29, 0.717) is 5.56 Å². The molecule has 0 aliphatic carbocycles. The third-order valence-electron chi connectivity index (χ3n) is 5.23. The van der Waals surface area contributed by atoms with Crippen molar-refractivity contribution in [2.75, 3.05) is 18.0 Å². The molecule has 3 rings (SSSR count). The number of aromatic nitrogens is 1. The van der Waals surface area contributed by atoms with Gasteiger partial charge >= 0.3 is 12.1 Å². The highest BCUT2D eigenvalue weighted by molar-refractivity contribution is 7.89. The molecule has 34 heavy (non-hydrogen) atoms. The van der Waals surface area contributed by atoms with Crippen LogP contribution < -0.4 is 9.62 Å². The second-order valence-electron chi connectivity index (χ2n) is 7.59. The van der Waals surface area contributed by atoms with Gasteiger partial charge in [0, 0.05) is 18.7 Å². The summed E-state index contributed by atoms with van der Waals surface area (Å²) in [5.41, 5.74) is -3.11. The number of hydrogen-bond acceptors (Lipinski definition) is 7. The van der Waals surface area contributed by atoms with Crippen LogP contribution in [0.2, 0.25) is 0 Å². The van der Waals surface area contributed by atoms with Gasteiger partial charge in [-0.25, -0.2) is 18.2 Å². The molecule has 1 fully saturated rings. The Balaban J connectivity index is 1.82. The number of amides is 1. The molecule has 2 N–H and O–H groups in total. The van der Waals surface area contributed by atoms with Crippen molar-refractivity contribution in [2.45, 2.75) is 25.3 Å². The Labute approximate surface area is 192 Å². The van der Waals surface area contributed by atoms with Crippen LogP contribution in [0.5, 0.6) is 0 Å². The first-order valence-electron chi connectivity index (χ1n) is 9.98. The molecule has 0 atom stereocenters. The summed E-state index contributed by atoms with van der Waals surface area (Å²) in [6.45, 7) is 1.23. The first-order valence-corrected chi connectivity index (χ1v) is 11.6. The topological polar surface area (TPSA) is 140 Å². The van der Waals surface area contributed by atoms with Crippen molar-refractivity contribution in [3.05, 3.63) is 58.3 Å². The van der Waals surface area contributed by atoms with Gasteiger partial charge in [-0.15, -0.1) is 0 Å². The monoisotopic (exact) mass is 496 g/mol. The van der Waals surface area contributed by atoms with Crippen LogP contribution in [0, 0.1) is 17.2 Å². The van der Waals surface area contributed by atoms with Crippen LogP contribution in [0.3, 0.4) is 0 Å². The fraction of sp³-hybridized carbons (Fsp3) is 0.333. The molecule has 0 saturated carbocycles. The number of alkyl halides is 3. The number of carbonyl (C=O) groups is 2. The Morgan fingerprint density at radius 2 is 1.88 bits per heavy atom. The first-order chi connectivity index (χ1) is 15.9. The molecule has 0 bridgehead atoms. The summed E-state index contributed by atoms with van der Waals surface area (Å²) in [6.07, 6.45) is -5.12. The number of aromatic carboxylic acids is 1. The lowest BCUT2D eigenvalue weighted by atomic mass is 9.94. The summed E-state index contributed by atoms with van der Waals surface area (Å²) in [5, 5.41) is 18.7. The number of rotatable bonds is 7. The summed E-state index contributed by atoms with van der Waals surface area (Å²) < 4.78 is 67.0. The largest absolute Gasteiger partial charge is 0.478 e. The average molecular weight is 496 g/mol. The third-order valence-corrected chi connectivity index (χ3v) is 6.46. The van der Waals surface area contributed by atoms with E-state index in [9.17, 15) is 41.5 Å². The number of benzene rings is 1. The summed E-state index contributed by atoms with van der Waals surface area (Å²) in [5.74, 6) is -4.27. The van der Waals surface area contributed by atoms with E-state index >= 15 is 0 Å². The Morgan fingerprint density at radius 1 is 1.26 bits per heavy atom. The highest BCUT2D eigenvalue weighted by Crippen LogP contribution is 2.38. The predicted octanol–water partition coefficient (Wildman–Crippen LogP) is 2.32. The lowest BCUT2D eigenvalue weighted by molar-refractivity contribution is -0.141. The van der Waals surface area contributed by atoms with E-state index in [0.717, 1.165) is 0 Å². The molecular formula is C21H19F3N4O5S. The molecule has 0 radical (unpaired) electrons. The van der Waals surface area contributed by atoms with Crippen LogP contribution in [0.25, 0.3) is 0 Å². The molecule has 2 aromatic rings. The molecular weight excluding hydrogens is 477 g/mol. The first kappa shape index (κ1) is 25.0. The quantitative estimate of drug-likeness (QED) is 0.595. The minimum Gasteiger partial charge on any atom is -0.478 e. The Hall–Kier alpha value is -3.66. The average Bonchev–Trinajstić information content (AvgIpc) is 2.70. The van der Waals surface area contributed by atoms with Gasteiger partial charge < -0.3 is 10.0 Å². The molecule has 1 aromatic heterocycles. The zero-order chi connectivity index (χ0) is 25.3. The number of carbonyl (C=O) groups excluding carboxylic acids is 1. The van der Waals surface area contributed by atoms with Gasteiger partial charge in [-0.3, -0.25) is 9.52 Å². The van der Waals surface area contributed by atoms with Crippen LogP contribution in [-0.4, -0.2) is 43.5 Å². The third kappa shape index (κ3) is 5.12. The number of nitrogens with zero attached hydrogens (tertiary/aromatic N) is 3. The van der Waals surface area contributed by atoms with Crippen LogP contribution >= 0.6 is 0 Å². The van der Waals surface area contributed by atoms with Gasteiger partial charge in [-0.2, -0.15) is 18.4 Å². The van der Waals surface area contributed by atoms with Gasteiger partial charge in [0.05, 0.1) is 17.2 Å². The number of anilines is 1. The number of nitriles is 1. The number of halogens is 3. The van der Waals surface area contributed by atoms with E-state index in [1.54, 1.807) is 30.3 Å². The smallest absolute Gasteiger partial charge is 0.434 e. The SMILES string of the molecule is CCc1c(N2CC(C(=O)NS(=O)(=O)Cc3ccccc3)C2)nc(C(F)(F)F)c(C(=O)O)c1C#N. The predicted molar refractivity (Wildman–Crippen MR) is 113 cm³/mol. The molecule has 1 aliphatic rings. The zero-order valence-corrected chi connectivity index (χ0v) is 18.6. The van der Waals surface area contributed by atoms with E-state index in [2.05, 4.69) is 4.98 Å². The molecule has 2 heterocycles. The molecule has 1 amide bonds. The van der Waals surface area contributed by atoms with Crippen molar-refractivity contribution >= 4 is 27.7 Å². The van der Waals surface area contributed by atoms with Crippen molar-refractivity contribution in [3.63, 3.8) is 0 Å². The van der Waals surface area contributed by atoms with Gasteiger partial charge in [0.15, 0.2) is 5.69 Å². The fourth-order valence-electron chi connectivity index (χ4n) is 3.63. The van der Waals surface area contributed by atoms with E-state index in [-0.39, 0.29) is 30.9 Å². The Bertz CT molecular complexity index is 1270. The molecule has 0 unspecified atom stereocenters. The number of carboxylic acids is 1. The van der Waals surface area contributed by atoms with Gasteiger partial charge in [0.2, 0.25) is 15.9 Å². The maximum absolute atomic E-state index is 13.5. The normalized spacial score (nSPS) is 14.3. The van der Waals surface area contributed by atoms with Gasteiger partial charge in [0.25, 0.3) is 0 Å². The summed E-state index contributed by atoms with van der Waals surface area (Å²) in [6, 6.07) is 9.70. The van der Waals surface area contributed by atoms with Crippen LogP contribution in [0.15, 0.2) is 30.3 Å². The van der Waals surface area contributed by atoms with Crippen molar-refractivity contribution in [3.8, 4) is 6.07 Å². The van der Waals surface area contributed by atoms with Gasteiger partial charge in [0.1, 0.15) is 17.5 Å². The minimum absolute atomic E-state index is 0.00320. The highest BCUT2D eigenvalue weighted by atomic mass is 32.2. The van der Waals surface area contributed by atoms with E-state index in [1.807, 2.05) is 4.72 Å². The molecule has 9 nitrogen and oxygen atoms in total. The van der Waals surface area contributed by atoms with Crippen LogP contribution in [-0.2, 0) is 33.2 Å². The van der Waals surface area contributed by atoms with Crippen molar-refractivity contribution < 1.29 is 36.3 Å². The zero-order valence-electron chi connectivity index (χ0n) is 17.8. The molecule has 1 aromatic carbocycles. The van der Waals surface area contributed by atoms with Gasteiger partial charge in [-0.05, 0) is 12.0 Å². The van der Waals surface area contributed by atoms with Crippen LogP contribution in [0.1, 0.15) is 39.7 Å². The van der Waals surface area contributed by atoms with E-state index < -0.39 is 56.6 Å². The lowest BCUT2D eigenvalue weighted by Crippen LogP contribution is -2.55. The highest BCUT2D eigenvalue weighted by Gasteiger charge is 2.43. The maximum Gasteiger partial charge on any atom is 0.434 e. The molecule has 13 heteroatoms. The van der Waals surface area contributed by atoms with Crippen LogP contribution in [0.4, 0.5) is 19.0 Å².